The number of nitrogens with zero attached hydrogens (tertiary/aromatic N) is 1. The quantitative estimate of drug-likeness (QED) is 0.715. The van der Waals surface area contributed by atoms with Crippen molar-refractivity contribution in [2.75, 3.05) is 18.4 Å². The second-order valence-corrected chi connectivity index (χ2v) is 9.02. The number of piperidine rings is 1. The van der Waals surface area contributed by atoms with Crippen LogP contribution in [-0.2, 0) is 22.7 Å². The molecule has 6 nitrogen and oxygen atoms in total. The van der Waals surface area contributed by atoms with Crippen molar-refractivity contribution in [2.24, 2.45) is 5.92 Å². The molecule has 0 aliphatic carbocycles. The number of nitrogens with one attached hydrogen (secondary N) is 2. The fourth-order valence-corrected chi connectivity index (χ4v) is 3.56. The van der Waals surface area contributed by atoms with Crippen LogP contribution in [0.15, 0.2) is 54.6 Å². The van der Waals surface area contributed by atoms with E-state index in [0.29, 0.717) is 26.2 Å². The molecule has 0 spiro atoms. The van der Waals surface area contributed by atoms with E-state index in [2.05, 4.69) is 16.7 Å². The smallest absolute Gasteiger partial charge is 0.317 e. The lowest BCUT2D eigenvalue weighted by atomic mass is 9.97. The molecule has 0 radical (unpaired) electrons. The fraction of sp³-hybridized carbons (Fsp3) is 0.440. The van der Waals surface area contributed by atoms with E-state index in [-0.39, 0.29) is 23.5 Å². The number of hydrogen-bond acceptors (Lipinski definition) is 3. The third-order valence-corrected chi connectivity index (χ3v) is 5.23. The Morgan fingerprint density at radius 2 is 1.81 bits per heavy atom. The monoisotopic (exact) mass is 423 g/mol. The number of amides is 3. The van der Waals surface area contributed by atoms with Crippen molar-refractivity contribution in [1.82, 2.24) is 10.2 Å². The zero-order chi connectivity index (χ0) is 22.3. The van der Waals surface area contributed by atoms with Crippen molar-refractivity contribution < 1.29 is 14.3 Å². The molecule has 2 aromatic carbocycles. The Labute approximate surface area is 185 Å². The van der Waals surface area contributed by atoms with Crippen molar-refractivity contribution in [2.45, 2.75) is 52.4 Å². The van der Waals surface area contributed by atoms with Crippen LogP contribution < -0.4 is 10.6 Å². The van der Waals surface area contributed by atoms with Gasteiger partial charge in [-0.2, -0.15) is 0 Å². The predicted molar refractivity (Wildman–Crippen MR) is 123 cm³/mol. The summed E-state index contributed by atoms with van der Waals surface area (Å²) in [5.74, 6) is -0.229. The van der Waals surface area contributed by atoms with Gasteiger partial charge in [0.2, 0.25) is 5.91 Å². The number of benzene rings is 2. The first kappa shape index (κ1) is 22.8. The molecular formula is C25H33N3O3. The van der Waals surface area contributed by atoms with E-state index in [4.69, 9.17) is 4.74 Å². The van der Waals surface area contributed by atoms with Crippen molar-refractivity contribution in [3.63, 3.8) is 0 Å². The summed E-state index contributed by atoms with van der Waals surface area (Å²) in [6.45, 7) is 8.18. The molecule has 2 aromatic rings. The lowest BCUT2D eigenvalue weighted by Crippen LogP contribution is -2.47. The third kappa shape index (κ3) is 7.40. The molecule has 1 atom stereocenters. The molecule has 31 heavy (non-hydrogen) atoms. The van der Waals surface area contributed by atoms with E-state index >= 15 is 0 Å². The average molecular weight is 424 g/mol. The number of urea groups is 1. The highest BCUT2D eigenvalue weighted by Gasteiger charge is 2.28. The SMILES string of the molecule is CC(C)(C)OCc1cccc(CNC(=O)N2CCCC(C(=O)Nc3ccccc3)C2)c1. The summed E-state index contributed by atoms with van der Waals surface area (Å²) in [6, 6.07) is 17.3. The maximum atomic E-state index is 12.7. The molecule has 6 heteroatoms. The van der Waals surface area contributed by atoms with Gasteiger partial charge in [0.25, 0.3) is 0 Å². The minimum atomic E-state index is -0.197. The molecule has 1 fully saturated rings. The zero-order valence-corrected chi connectivity index (χ0v) is 18.7. The van der Waals surface area contributed by atoms with Crippen LogP contribution in [0.4, 0.5) is 10.5 Å². The second-order valence-electron chi connectivity index (χ2n) is 9.02. The number of ether oxygens (including phenoxy) is 1. The first-order chi connectivity index (χ1) is 14.8. The van der Waals surface area contributed by atoms with E-state index in [1.165, 1.54) is 0 Å². The standard InChI is InChI=1S/C25H33N3O3/c1-25(2,3)31-18-20-10-7-9-19(15-20)16-26-24(30)28-14-8-11-21(17-28)23(29)27-22-12-5-4-6-13-22/h4-7,9-10,12-13,15,21H,8,11,14,16-18H2,1-3H3,(H,26,30)(H,27,29). The Morgan fingerprint density at radius 1 is 1.06 bits per heavy atom. The maximum Gasteiger partial charge on any atom is 0.317 e. The van der Waals surface area contributed by atoms with Crippen LogP contribution in [0.3, 0.4) is 0 Å². The average Bonchev–Trinajstić information content (AvgIpc) is 2.76. The van der Waals surface area contributed by atoms with E-state index in [1.54, 1.807) is 4.90 Å². The first-order valence-electron chi connectivity index (χ1n) is 10.9. The minimum absolute atomic E-state index is 0.0322. The number of carbonyl (C=O) groups is 2. The summed E-state index contributed by atoms with van der Waals surface area (Å²) in [6.07, 6.45) is 1.61. The molecule has 0 bridgehead atoms. The molecule has 0 saturated carbocycles. The predicted octanol–water partition coefficient (Wildman–Crippen LogP) is 4.56. The molecule has 0 aromatic heterocycles. The van der Waals surface area contributed by atoms with Gasteiger partial charge in [0, 0.05) is 25.3 Å². The minimum Gasteiger partial charge on any atom is -0.371 e. The highest BCUT2D eigenvalue weighted by Crippen LogP contribution is 2.19. The zero-order valence-electron chi connectivity index (χ0n) is 18.7. The summed E-state index contributed by atoms with van der Waals surface area (Å²) < 4.78 is 5.83. The lowest BCUT2D eigenvalue weighted by molar-refractivity contribution is -0.121. The van der Waals surface area contributed by atoms with Gasteiger partial charge in [-0.25, -0.2) is 4.79 Å². The Hall–Kier alpha value is -2.86. The molecule has 166 valence electrons. The van der Waals surface area contributed by atoms with Crippen LogP contribution >= 0.6 is 0 Å². The number of likely N-dealkylation sites (tertiary alicyclic amines) is 1. The molecule has 1 unspecified atom stereocenters. The summed E-state index contributed by atoms with van der Waals surface area (Å²) in [7, 11) is 0. The lowest BCUT2D eigenvalue weighted by Gasteiger charge is -2.32. The number of hydrogen-bond donors (Lipinski definition) is 2. The van der Waals surface area contributed by atoms with Gasteiger partial charge in [-0.1, -0.05) is 42.5 Å². The second kappa shape index (κ2) is 10.4. The molecular weight excluding hydrogens is 390 g/mol. The van der Waals surface area contributed by atoms with E-state index < -0.39 is 0 Å². The summed E-state index contributed by atoms with van der Waals surface area (Å²) >= 11 is 0. The van der Waals surface area contributed by atoms with Gasteiger partial charge >= 0.3 is 6.03 Å². The van der Waals surface area contributed by atoms with Gasteiger partial charge in [-0.3, -0.25) is 4.79 Å². The number of para-hydroxylation sites is 1. The Balaban J connectivity index is 1.49. The van der Waals surface area contributed by atoms with Crippen LogP contribution in [0.2, 0.25) is 0 Å². The number of anilines is 1. The number of rotatable bonds is 6. The van der Waals surface area contributed by atoms with Crippen LogP contribution in [0.1, 0.15) is 44.7 Å². The van der Waals surface area contributed by atoms with Gasteiger partial charge in [-0.15, -0.1) is 0 Å². The molecule has 1 aliphatic rings. The molecule has 1 aliphatic heterocycles. The van der Waals surface area contributed by atoms with Crippen molar-refractivity contribution in [3.8, 4) is 0 Å². The summed E-state index contributed by atoms with van der Waals surface area (Å²) in [5.41, 5.74) is 2.70. The fourth-order valence-electron chi connectivity index (χ4n) is 3.56. The van der Waals surface area contributed by atoms with Gasteiger partial charge < -0.3 is 20.3 Å². The van der Waals surface area contributed by atoms with Crippen molar-refractivity contribution in [1.29, 1.82) is 0 Å². The summed E-state index contributed by atoms with van der Waals surface area (Å²) in [4.78, 5) is 27.0. The number of carbonyl (C=O) groups excluding carboxylic acids is 2. The van der Waals surface area contributed by atoms with Gasteiger partial charge in [-0.05, 0) is 56.9 Å². The molecule has 2 N–H and O–H groups in total. The van der Waals surface area contributed by atoms with Crippen LogP contribution in [0.5, 0.6) is 0 Å². The normalized spacial score (nSPS) is 16.6. The topological polar surface area (TPSA) is 70.7 Å². The molecule has 3 amide bonds. The third-order valence-electron chi connectivity index (χ3n) is 5.23. The Kier molecular flexibility index (Phi) is 7.69. The van der Waals surface area contributed by atoms with Gasteiger partial charge in [0.1, 0.15) is 0 Å². The Bertz CT molecular complexity index is 877. The molecule has 3 rings (SSSR count). The van der Waals surface area contributed by atoms with Gasteiger partial charge in [0.05, 0.1) is 18.1 Å². The first-order valence-corrected chi connectivity index (χ1v) is 10.9. The highest BCUT2D eigenvalue weighted by atomic mass is 16.5. The Morgan fingerprint density at radius 3 is 2.55 bits per heavy atom. The van der Waals surface area contributed by atoms with Crippen molar-refractivity contribution in [3.05, 3.63) is 65.7 Å². The largest absolute Gasteiger partial charge is 0.371 e. The van der Waals surface area contributed by atoms with Crippen LogP contribution in [-0.4, -0.2) is 35.5 Å². The maximum absolute atomic E-state index is 12.7. The molecule has 1 heterocycles. The van der Waals surface area contributed by atoms with Gasteiger partial charge in [0.15, 0.2) is 0 Å². The van der Waals surface area contributed by atoms with Crippen LogP contribution in [0, 0.1) is 5.92 Å². The van der Waals surface area contributed by atoms with E-state index in [0.717, 1.165) is 29.7 Å². The van der Waals surface area contributed by atoms with Crippen molar-refractivity contribution >= 4 is 17.6 Å². The van der Waals surface area contributed by atoms with E-state index in [1.807, 2.05) is 69.3 Å². The molecule has 1 saturated heterocycles. The van der Waals surface area contributed by atoms with E-state index in [9.17, 15) is 9.59 Å². The highest BCUT2D eigenvalue weighted by molar-refractivity contribution is 5.93. The summed E-state index contributed by atoms with van der Waals surface area (Å²) in [5, 5.41) is 5.94. The van der Waals surface area contributed by atoms with Crippen LogP contribution in [0.25, 0.3) is 0 Å².